The van der Waals surface area contributed by atoms with Crippen molar-refractivity contribution in [2.75, 3.05) is 32.0 Å². The molecule has 1 unspecified atom stereocenters. The van der Waals surface area contributed by atoms with Gasteiger partial charge in [-0.15, -0.1) is 0 Å². The predicted molar refractivity (Wildman–Crippen MR) is 63.5 cm³/mol. The number of anilines is 1. The Hall–Kier alpha value is -1.56. The zero-order chi connectivity index (χ0) is 12.3. The molecule has 94 valence electrons. The molecular weight excluding hydrogens is 220 g/mol. The largest absolute Gasteiger partial charge is 0.396 e. The minimum Gasteiger partial charge on any atom is -0.396 e. The number of nitrogens with one attached hydrogen (secondary N) is 1. The first-order chi connectivity index (χ1) is 8.22. The molecule has 6 nitrogen and oxygen atoms in total. The van der Waals surface area contributed by atoms with Crippen LogP contribution < -0.4 is 5.73 Å². The van der Waals surface area contributed by atoms with E-state index in [9.17, 15) is 4.79 Å². The second-order valence-corrected chi connectivity index (χ2v) is 4.27. The van der Waals surface area contributed by atoms with Crippen LogP contribution in [-0.2, 0) is 4.74 Å². The molecule has 1 fully saturated rings. The number of amides is 1. The average molecular weight is 238 g/mol. The summed E-state index contributed by atoms with van der Waals surface area (Å²) >= 11 is 0. The Morgan fingerprint density at radius 3 is 3.12 bits per heavy atom. The number of hydrogen-bond acceptors (Lipinski definition) is 4. The van der Waals surface area contributed by atoms with Gasteiger partial charge in [-0.1, -0.05) is 0 Å². The first-order valence-corrected chi connectivity index (χ1v) is 5.88. The maximum absolute atomic E-state index is 12.2. The van der Waals surface area contributed by atoms with Crippen molar-refractivity contribution >= 4 is 11.6 Å². The van der Waals surface area contributed by atoms with Crippen molar-refractivity contribution in [3.63, 3.8) is 0 Å². The number of nitrogen functional groups attached to an aromatic ring is 1. The average Bonchev–Trinajstić information content (AvgIpc) is 2.96. The maximum atomic E-state index is 12.2. The molecule has 0 saturated carbocycles. The Kier molecular flexibility index (Phi) is 3.63. The fraction of sp³-hybridized carbons (Fsp3) is 0.636. The summed E-state index contributed by atoms with van der Waals surface area (Å²) < 4.78 is 5.31. The number of carbonyl (C=O) groups is 1. The van der Waals surface area contributed by atoms with E-state index in [1.165, 1.54) is 6.20 Å². The van der Waals surface area contributed by atoms with Crippen molar-refractivity contribution in [3.8, 4) is 0 Å². The van der Waals surface area contributed by atoms with Gasteiger partial charge < -0.3 is 15.4 Å². The Bertz CT molecular complexity index is 385. The van der Waals surface area contributed by atoms with E-state index < -0.39 is 0 Å². The van der Waals surface area contributed by atoms with Crippen molar-refractivity contribution < 1.29 is 9.53 Å². The Morgan fingerprint density at radius 2 is 2.59 bits per heavy atom. The summed E-state index contributed by atoms with van der Waals surface area (Å²) in [7, 11) is 0. The third kappa shape index (κ3) is 2.58. The monoisotopic (exact) mass is 238 g/mol. The van der Waals surface area contributed by atoms with Gasteiger partial charge in [-0.3, -0.25) is 9.89 Å². The molecule has 0 aliphatic carbocycles. The first kappa shape index (κ1) is 11.9. The van der Waals surface area contributed by atoms with E-state index in [2.05, 4.69) is 10.2 Å². The lowest BCUT2D eigenvalue weighted by Gasteiger charge is -2.23. The molecule has 1 aromatic heterocycles. The number of rotatable bonds is 4. The van der Waals surface area contributed by atoms with Gasteiger partial charge in [0.25, 0.3) is 5.91 Å². The molecule has 6 heteroatoms. The molecule has 1 aliphatic rings. The van der Waals surface area contributed by atoms with Gasteiger partial charge in [-0.05, 0) is 13.3 Å². The fourth-order valence-electron chi connectivity index (χ4n) is 2.02. The molecule has 0 spiro atoms. The Morgan fingerprint density at radius 1 is 1.76 bits per heavy atom. The number of ether oxygens (including phenoxy) is 1. The number of carbonyl (C=O) groups excluding carboxylic acids is 1. The lowest BCUT2D eigenvalue weighted by molar-refractivity contribution is 0.0726. The number of nitrogens with zero attached hydrogens (tertiary/aromatic N) is 2. The molecular formula is C11H18N4O2. The van der Waals surface area contributed by atoms with Crippen LogP contribution in [0.2, 0.25) is 0 Å². The van der Waals surface area contributed by atoms with E-state index in [4.69, 9.17) is 10.5 Å². The minimum absolute atomic E-state index is 0.0885. The van der Waals surface area contributed by atoms with Crippen LogP contribution in [0.25, 0.3) is 0 Å². The zero-order valence-corrected chi connectivity index (χ0v) is 9.98. The number of aromatic amines is 1. The fourth-order valence-corrected chi connectivity index (χ4v) is 2.02. The van der Waals surface area contributed by atoms with E-state index in [0.717, 1.165) is 19.6 Å². The smallest absolute Gasteiger partial charge is 0.274 e. The van der Waals surface area contributed by atoms with Crippen LogP contribution in [0.4, 0.5) is 5.69 Å². The summed E-state index contributed by atoms with van der Waals surface area (Å²) in [4.78, 5) is 14.0. The van der Waals surface area contributed by atoms with Gasteiger partial charge in [0.2, 0.25) is 0 Å². The highest BCUT2D eigenvalue weighted by molar-refractivity contribution is 5.96. The van der Waals surface area contributed by atoms with Gasteiger partial charge in [0.1, 0.15) is 5.69 Å². The van der Waals surface area contributed by atoms with E-state index in [0.29, 0.717) is 30.4 Å². The molecule has 1 aliphatic heterocycles. The minimum atomic E-state index is -0.0885. The molecule has 1 aromatic rings. The molecule has 1 amide bonds. The number of hydrogen-bond donors (Lipinski definition) is 2. The molecule has 0 radical (unpaired) electrons. The van der Waals surface area contributed by atoms with Gasteiger partial charge in [0.15, 0.2) is 0 Å². The first-order valence-electron chi connectivity index (χ1n) is 5.88. The summed E-state index contributed by atoms with van der Waals surface area (Å²) in [6.07, 6.45) is 2.47. The van der Waals surface area contributed by atoms with E-state index >= 15 is 0 Å². The molecule has 1 saturated heterocycles. The van der Waals surface area contributed by atoms with Crippen molar-refractivity contribution in [1.29, 1.82) is 0 Å². The van der Waals surface area contributed by atoms with Crippen LogP contribution in [0, 0.1) is 5.92 Å². The summed E-state index contributed by atoms with van der Waals surface area (Å²) in [5.41, 5.74) is 6.46. The van der Waals surface area contributed by atoms with Gasteiger partial charge in [0.05, 0.1) is 18.5 Å². The van der Waals surface area contributed by atoms with Crippen molar-refractivity contribution in [2.24, 2.45) is 5.92 Å². The Balaban J connectivity index is 2.02. The standard InChI is InChI=1S/C11H18N4O2/c1-2-15(6-8-3-4-17-7-8)11(16)10-9(12)5-13-14-10/h5,8H,2-4,6-7,12H2,1H3,(H,13,14). The van der Waals surface area contributed by atoms with Gasteiger partial charge in [-0.25, -0.2) is 0 Å². The molecule has 17 heavy (non-hydrogen) atoms. The predicted octanol–water partition coefficient (Wildman–Crippen LogP) is 0.490. The van der Waals surface area contributed by atoms with Gasteiger partial charge >= 0.3 is 0 Å². The van der Waals surface area contributed by atoms with Crippen LogP contribution in [0.3, 0.4) is 0 Å². The summed E-state index contributed by atoms with van der Waals surface area (Å²) in [6.45, 7) is 4.87. The molecule has 0 bridgehead atoms. The summed E-state index contributed by atoms with van der Waals surface area (Å²) in [6, 6.07) is 0. The number of H-pyrrole nitrogens is 1. The number of aromatic nitrogens is 2. The van der Waals surface area contributed by atoms with Crippen molar-refractivity contribution in [1.82, 2.24) is 15.1 Å². The molecule has 3 N–H and O–H groups in total. The third-order valence-electron chi connectivity index (χ3n) is 3.05. The van der Waals surface area contributed by atoms with Crippen LogP contribution in [0.1, 0.15) is 23.8 Å². The number of nitrogens with two attached hydrogens (primary N) is 1. The summed E-state index contributed by atoms with van der Waals surface area (Å²) in [5.74, 6) is 0.345. The zero-order valence-electron chi connectivity index (χ0n) is 9.98. The van der Waals surface area contributed by atoms with E-state index in [1.807, 2.05) is 6.92 Å². The summed E-state index contributed by atoms with van der Waals surface area (Å²) in [5, 5.41) is 6.42. The van der Waals surface area contributed by atoms with Crippen LogP contribution in [0.5, 0.6) is 0 Å². The van der Waals surface area contributed by atoms with Crippen LogP contribution >= 0.6 is 0 Å². The Labute approximate surface area is 100 Å². The van der Waals surface area contributed by atoms with E-state index in [1.54, 1.807) is 4.90 Å². The normalized spacial score (nSPS) is 19.5. The highest BCUT2D eigenvalue weighted by Gasteiger charge is 2.24. The molecule has 0 aromatic carbocycles. The molecule has 1 atom stereocenters. The highest BCUT2D eigenvalue weighted by atomic mass is 16.5. The van der Waals surface area contributed by atoms with E-state index in [-0.39, 0.29) is 5.91 Å². The van der Waals surface area contributed by atoms with Crippen molar-refractivity contribution in [2.45, 2.75) is 13.3 Å². The lowest BCUT2D eigenvalue weighted by atomic mass is 10.1. The van der Waals surface area contributed by atoms with Gasteiger partial charge in [0, 0.05) is 25.6 Å². The SMILES string of the molecule is CCN(CC1CCOC1)C(=O)c1[nH]ncc1N. The second-order valence-electron chi connectivity index (χ2n) is 4.27. The topological polar surface area (TPSA) is 84.2 Å². The highest BCUT2D eigenvalue weighted by Crippen LogP contribution is 2.16. The third-order valence-corrected chi connectivity index (χ3v) is 3.05. The quantitative estimate of drug-likeness (QED) is 0.799. The van der Waals surface area contributed by atoms with Gasteiger partial charge in [-0.2, -0.15) is 5.10 Å². The second kappa shape index (κ2) is 5.18. The maximum Gasteiger partial charge on any atom is 0.274 e. The molecule has 2 heterocycles. The molecule has 2 rings (SSSR count). The van der Waals surface area contributed by atoms with Crippen LogP contribution in [-0.4, -0.2) is 47.3 Å². The lowest BCUT2D eigenvalue weighted by Crippen LogP contribution is -2.36. The van der Waals surface area contributed by atoms with Crippen molar-refractivity contribution in [3.05, 3.63) is 11.9 Å². The van der Waals surface area contributed by atoms with Crippen LogP contribution in [0.15, 0.2) is 6.20 Å².